The Morgan fingerprint density at radius 1 is 1.15 bits per heavy atom. The van der Waals surface area contributed by atoms with E-state index < -0.39 is 5.82 Å². The van der Waals surface area contributed by atoms with Crippen LogP contribution in [0, 0.1) is 24.1 Å². The number of hydrogen-bond donors (Lipinski definition) is 1. The van der Waals surface area contributed by atoms with Gasteiger partial charge in [-0.25, -0.2) is 4.39 Å². The first kappa shape index (κ1) is 16.7. The van der Waals surface area contributed by atoms with Gasteiger partial charge < -0.3 is 10.3 Å². The zero-order chi connectivity index (χ0) is 18.3. The number of hydrogen-bond acceptors (Lipinski definition) is 2. The zero-order valence-electron chi connectivity index (χ0n) is 14.9. The Labute approximate surface area is 152 Å². The van der Waals surface area contributed by atoms with Crippen molar-refractivity contribution >= 4 is 16.6 Å². The summed E-state index contributed by atoms with van der Waals surface area (Å²) in [7, 11) is 0. The van der Waals surface area contributed by atoms with E-state index in [4.69, 9.17) is 5.73 Å². The lowest BCUT2D eigenvalue weighted by molar-refractivity contribution is 0.361. The number of fused-ring (bicyclic) bond motifs is 1. The number of halogens is 1. The van der Waals surface area contributed by atoms with Crippen molar-refractivity contribution in [2.75, 3.05) is 5.73 Å². The summed E-state index contributed by atoms with van der Waals surface area (Å²) in [6, 6.07) is 11.4. The van der Waals surface area contributed by atoms with Crippen LogP contribution in [0.4, 0.5) is 10.1 Å². The summed E-state index contributed by atoms with van der Waals surface area (Å²) in [5.41, 5.74) is 10.9. The van der Waals surface area contributed by atoms with E-state index in [0.29, 0.717) is 6.04 Å². The van der Waals surface area contributed by atoms with Gasteiger partial charge in [-0.1, -0.05) is 31.4 Å². The molecule has 1 aromatic heterocycles. The van der Waals surface area contributed by atoms with Crippen LogP contribution in [-0.4, -0.2) is 4.57 Å². The smallest absolute Gasteiger partial charge is 0.143 e. The summed E-state index contributed by atoms with van der Waals surface area (Å²) in [6.07, 6.45) is 8.03. The highest BCUT2D eigenvalue weighted by molar-refractivity contribution is 5.98. The lowest BCUT2D eigenvalue weighted by Gasteiger charge is -2.24. The summed E-state index contributed by atoms with van der Waals surface area (Å²) in [4.78, 5) is 0. The maximum absolute atomic E-state index is 14.4. The topological polar surface area (TPSA) is 54.7 Å². The molecule has 0 aliphatic heterocycles. The molecule has 3 nitrogen and oxygen atoms in total. The van der Waals surface area contributed by atoms with Crippen molar-refractivity contribution in [1.29, 1.82) is 5.26 Å². The van der Waals surface area contributed by atoms with E-state index in [-0.39, 0.29) is 5.56 Å². The Morgan fingerprint density at radius 3 is 2.65 bits per heavy atom. The van der Waals surface area contributed by atoms with Crippen LogP contribution in [0.15, 0.2) is 36.5 Å². The van der Waals surface area contributed by atoms with E-state index in [9.17, 15) is 9.65 Å². The van der Waals surface area contributed by atoms with E-state index in [0.717, 1.165) is 46.1 Å². The Kier molecular flexibility index (Phi) is 4.16. The Hall–Kier alpha value is -2.80. The molecule has 0 bridgehead atoms. The minimum Gasteiger partial charge on any atom is -0.398 e. The van der Waals surface area contributed by atoms with Crippen LogP contribution < -0.4 is 5.73 Å². The normalized spacial score (nSPS) is 15.3. The maximum atomic E-state index is 14.4. The first-order valence-electron chi connectivity index (χ1n) is 9.20. The van der Waals surface area contributed by atoms with E-state index in [1.54, 1.807) is 6.07 Å². The quantitative estimate of drug-likeness (QED) is 0.603. The van der Waals surface area contributed by atoms with Gasteiger partial charge >= 0.3 is 0 Å². The lowest BCUT2D eigenvalue weighted by Crippen LogP contribution is -2.11. The van der Waals surface area contributed by atoms with Gasteiger partial charge in [-0.2, -0.15) is 5.26 Å². The van der Waals surface area contributed by atoms with E-state index >= 15 is 0 Å². The highest BCUT2D eigenvalue weighted by Gasteiger charge is 2.21. The van der Waals surface area contributed by atoms with E-state index in [1.165, 1.54) is 25.3 Å². The maximum Gasteiger partial charge on any atom is 0.143 e. The van der Waals surface area contributed by atoms with Crippen molar-refractivity contribution in [3.05, 3.63) is 53.5 Å². The van der Waals surface area contributed by atoms with Gasteiger partial charge in [0.05, 0.1) is 11.1 Å². The number of aromatic nitrogens is 1. The largest absolute Gasteiger partial charge is 0.398 e. The first-order chi connectivity index (χ1) is 12.6. The fourth-order valence-corrected chi connectivity index (χ4v) is 4.18. The summed E-state index contributed by atoms with van der Waals surface area (Å²) in [5, 5.41) is 10.2. The molecule has 4 heteroatoms. The second kappa shape index (κ2) is 6.49. The molecule has 1 aliphatic carbocycles. The highest BCUT2D eigenvalue weighted by Crippen LogP contribution is 2.39. The monoisotopic (exact) mass is 347 g/mol. The number of nitrogens with zero attached hydrogens (tertiary/aromatic N) is 2. The summed E-state index contributed by atoms with van der Waals surface area (Å²) in [5.74, 6) is -0.453. The molecule has 0 unspecified atom stereocenters. The fraction of sp³-hybridized carbons (Fsp3) is 0.318. The Bertz CT molecular complexity index is 1020. The van der Waals surface area contributed by atoms with Gasteiger partial charge in [0, 0.05) is 28.9 Å². The first-order valence-corrected chi connectivity index (χ1v) is 9.20. The molecule has 1 heterocycles. The molecule has 4 rings (SSSR count). The van der Waals surface area contributed by atoms with Crippen LogP contribution in [0.1, 0.15) is 49.3 Å². The Balaban J connectivity index is 2.00. The van der Waals surface area contributed by atoms with Crippen LogP contribution in [0.25, 0.3) is 22.0 Å². The van der Waals surface area contributed by atoms with Crippen LogP contribution in [0.2, 0.25) is 0 Å². The lowest BCUT2D eigenvalue weighted by atomic mass is 9.95. The van der Waals surface area contributed by atoms with Crippen molar-refractivity contribution in [3.63, 3.8) is 0 Å². The predicted octanol–water partition coefficient (Wildman–Crippen LogP) is 5.71. The number of benzene rings is 2. The van der Waals surface area contributed by atoms with Crippen molar-refractivity contribution in [3.8, 4) is 17.2 Å². The number of nitrogens with two attached hydrogens (primary N) is 1. The Morgan fingerprint density at radius 2 is 1.92 bits per heavy atom. The van der Waals surface area contributed by atoms with Gasteiger partial charge in [0.2, 0.25) is 0 Å². The number of nitrogen functional groups attached to an aromatic ring is 1. The molecule has 0 radical (unpaired) electrons. The molecular weight excluding hydrogens is 325 g/mol. The highest BCUT2D eigenvalue weighted by atomic mass is 19.1. The number of rotatable bonds is 2. The summed E-state index contributed by atoms with van der Waals surface area (Å²) in [6.45, 7) is 2.00. The van der Waals surface area contributed by atoms with E-state index in [1.807, 2.05) is 31.2 Å². The molecule has 1 fully saturated rings. The minimum absolute atomic E-state index is 0.0849. The van der Waals surface area contributed by atoms with Crippen molar-refractivity contribution in [2.45, 2.75) is 45.1 Å². The molecule has 132 valence electrons. The van der Waals surface area contributed by atoms with Crippen LogP contribution >= 0.6 is 0 Å². The predicted molar refractivity (Wildman–Crippen MR) is 103 cm³/mol. The second-order valence-electron chi connectivity index (χ2n) is 7.22. The average Bonchev–Trinajstić information content (AvgIpc) is 3.02. The number of anilines is 1. The van der Waals surface area contributed by atoms with E-state index in [2.05, 4.69) is 10.8 Å². The molecule has 3 aromatic rings. The van der Waals surface area contributed by atoms with Crippen molar-refractivity contribution in [2.24, 2.45) is 0 Å². The van der Waals surface area contributed by atoms with Crippen LogP contribution in [-0.2, 0) is 0 Å². The SMILES string of the molecule is Cc1c(N)cccc1-c1cn(C2CCCCC2)c2cc(F)c(C#N)cc12. The van der Waals surface area contributed by atoms with Crippen LogP contribution in [0.5, 0.6) is 0 Å². The van der Waals surface area contributed by atoms with Crippen molar-refractivity contribution < 1.29 is 4.39 Å². The molecule has 2 aromatic carbocycles. The number of nitriles is 1. The van der Waals surface area contributed by atoms with Gasteiger partial charge in [-0.05, 0) is 49.1 Å². The molecule has 26 heavy (non-hydrogen) atoms. The van der Waals surface area contributed by atoms with Gasteiger partial charge in [-0.15, -0.1) is 0 Å². The molecule has 2 N–H and O–H groups in total. The second-order valence-corrected chi connectivity index (χ2v) is 7.22. The molecular formula is C22H22FN3. The van der Waals surface area contributed by atoms with Gasteiger partial charge in [-0.3, -0.25) is 0 Å². The fourth-order valence-electron chi connectivity index (χ4n) is 4.18. The van der Waals surface area contributed by atoms with Gasteiger partial charge in [0.1, 0.15) is 11.9 Å². The average molecular weight is 347 g/mol. The third-order valence-electron chi connectivity index (χ3n) is 5.68. The molecule has 0 amide bonds. The standard InChI is InChI=1S/C22H22FN3/c1-14-17(8-5-9-21(14)25)19-13-26(16-6-3-2-4-7-16)22-11-20(23)15(12-24)10-18(19)22/h5,8-11,13,16H,2-4,6-7,25H2,1H3. The molecule has 1 saturated carbocycles. The third kappa shape index (κ3) is 2.64. The van der Waals surface area contributed by atoms with Crippen LogP contribution in [0.3, 0.4) is 0 Å². The molecule has 1 aliphatic rings. The van der Waals surface area contributed by atoms with Gasteiger partial charge in [0.15, 0.2) is 0 Å². The summed E-state index contributed by atoms with van der Waals surface area (Å²) >= 11 is 0. The summed E-state index contributed by atoms with van der Waals surface area (Å²) < 4.78 is 16.6. The van der Waals surface area contributed by atoms with Gasteiger partial charge in [0.25, 0.3) is 0 Å². The third-order valence-corrected chi connectivity index (χ3v) is 5.68. The van der Waals surface area contributed by atoms with Crippen molar-refractivity contribution in [1.82, 2.24) is 4.57 Å². The molecule has 0 saturated heterocycles. The zero-order valence-corrected chi connectivity index (χ0v) is 14.9. The minimum atomic E-state index is -0.453. The molecule has 0 atom stereocenters. The molecule has 0 spiro atoms.